The van der Waals surface area contributed by atoms with Crippen LogP contribution < -0.4 is 0 Å². The third-order valence-corrected chi connectivity index (χ3v) is 7.30. The van der Waals surface area contributed by atoms with E-state index in [1.807, 2.05) is 12.1 Å². The van der Waals surface area contributed by atoms with Gasteiger partial charge in [-0.15, -0.1) is 0 Å². The number of nitrogens with zero attached hydrogens (tertiary/aromatic N) is 2. The molecule has 5 rings (SSSR count). The SMILES string of the molecule is Brc1ccc2c(c1)c1cc(Br)ccc1c1nc3cc(Br)c(Br)cc3nc21. The lowest BCUT2D eigenvalue weighted by Gasteiger charge is -2.11. The van der Waals surface area contributed by atoms with Crippen LogP contribution in [0.15, 0.2) is 66.4 Å². The van der Waals surface area contributed by atoms with Crippen molar-refractivity contribution in [3.63, 3.8) is 0 Å². The highest BCUT2D eigenvalue weighted by Gasteiger charge is 2.14. The fourth-order valence-corrected chi connectivity index (χ4v) is 4.70. The molecule has 0 aliphatic carbocycles. The Hall–Kier alpha value is -1.08. The molecule has 0 amide bonds. The van der Waals surface area contributed by atoms with Crippen LogP contribution in [0.1, 0.15) is 0 Å². The number of hydrogen-bond acceptors (Lipinski definition) is 2. The quantitative estimate of drug-likeness (QED) is 0.133. The standard InChI is InChI=1S/C20H8Br4N2/c21-9-1-3-11-13(5-9)14-6-10(22)2-4-12(14)20-19(11)25-17-7-15(23)16(24)8-18(17)26-20/h1-8H. The van der Waals surface area contributed by atoms with Crippen LogP contribution in [-0.4, -0.2) is 9.97 Å². The van der Waals surface area contributed by atoms with Crippen molar-refractivity contribution in [2.75, 3.05) is 0 Å². The summed E-state index contributed by atoms with van der Waals surface area (Å²) in [6, 6.07) is 16.6. The molecule has 1 heterocycles. The van der Waals surface area contributed by atoms with E-state index in [0.717, 1.165) is 61.5 Å². The molecule has 0 saturated heterocycles. The van der Waals surface area contributed by atoms with Crippen molar-refractivity contribution in [2.24, 2.45) is 0 Å². The van der Waals surface area contributed by atoms with Crippen molar-refractivity contribution in [3.8, 4) is 0 Å². The molecule has 5 aromatic rings. The Kier molecular flexibility index (Phi) is 4.08. The van der Waals surface area contributed by atoms with Gasteiger partial charge in [0.25, 0.3) is 0 Å². The van der Waals surface area contributed by atoms with Crippen LogP contribution in [0, 0.1) is 0 Å². The maximum absolute atomic E-state index is 4.97. The third-order valence-electron chi connectivity index (χ3n) is 4.47. The van der Waals surface area contributed by atoms with Crippen molar-refractivity contribution in [1.82, 2.24) is 9.97 Å². The Bertz CT molecular complexity index is 1270. The molecule has 126 valence electrons. The molecule has 1 aromatic heterocycles. The molecule has 0 fully saturated rings. The minimum Gasteiger partial charge on any atom is -0.244 e. The maximum Gasteiger partial charge on any atom is 0.0979 e. The second-order valence-electron chi connectivity index (χ2n) is 6.06. The van der Waals surface area contributed by atoms with Gasteiger partial charge in [0, 0.05) is 28.7 Å². The van der Waals surface area contributed by atoms with Crippen LogP contribution in [0.2, 0.25) is 0 Å². The zero-order valence-electron chi connectivity index (χ0n) is 13.0. The molecule has 0 unspecified atom stereocenters. The van der Waals surface area contributed by atoms with Crippen LogP contribution in [-0.2, 0) is 0 Å². The normalized spacial score (nSPS) is 11.8. The largest absolute Gasteiger partial charge is 0.244 e. The van der Waals surface area contributed by atoms with Crippen LogP contribution in [0.3, 0.4) is 0 Å². The highest BCUT2D eigenvalue weighted by Crippen LogP contribution is 2.37. The summed E-state index contributed by atoms with van der Waals surface area (Å²) in [5.41, 5.74) is 3.58. The summed E-state index contributed by atoms with van der Waals surface area (Å²) < 4.78 is 4.03. The van der Waals surface area contributed by atoms with Gasteiger partial charge in [-0.25, -0.2) is 9.97 Å². The molecule has 0 atom stereocenters. The average Bonchev–Trinajstić information content (AvgIpc) is 2.61. The van der Waals surface area contributed by atoms with Gasteiger partial charge in [0.15, 0.2) is 0 Å². The van der Waals surface area contributed by atoms with Crippen molar-refractivity contribution >= 4 is 107 Å². The van der Waals surface area contributed by atoms with Crippen molar-refractivity contribution in [2.45, 2.75) is 0 Å². The smallest absolute Gasteiger partial charge is 0.0979 e. The topological polar surface area (TPSA) is 25.8 Å². The summed E-state index contributed by atoms with van der Waals surface area (Å²) >= 11 is 14.3. The molecule has 6 heteroatoms. The zero-order chi connectivity index (χ0) is 18.0. The van der Waals surface area contributed by atoms with E-state index in [2.05, 4.69) is 100 Å². The molecule has 0 spiro atoms. The lowest BCUT2D eigenvalue weighted by Crippen LogP contribution is -1.92. The molecule has 0 aliphatic heterocycles. The zero-order valence-corrected chi connectivity index (χ0v) is 19.4. The van der Waals surface area contributed by atoms with Gasteiger partial charge in [-0.05, 0) is 79.0 Å². The minimum absolute atomic E-state index is 0.869. The van der Waals surface area contributed by atoms with Crippen LogP contribution in [0.25, 0.3) is 43.6 Å². The molecule has 0 bridgehead atoms. The van der Waals surface area contributed by atoms with Gasteiger partial charge in [0.05, 0.1) is 22.1 Å². The van der Waals surface area contributed by atoms with Gasteiger partial charge in [-0.1, -0.05) is 44.0 Å². The summed E-state index contributed by atoms with van der Waals surface area (Å²) in [5, 5.41) is 4.52. The van der Waals surface area contributed by atoms with Gasteiger partial charge >= 0.3 is 0 Å². The lowest BCUT2D eigenvalue weighted by molar-refractivity contribution is 1.40. The van der Waals surface area contributed by atoms with E-state index in [-0.39, 0.29) is 0 Å². The van der Waals surface area contributed by atoms with E-state index in [4.69, 9.17) is 9.97 Å². The first-order chi connectivity index (χ1) is 12.5. The average molecular weight is 596 g/mol. The fraction of sp³-hybridized carbons (Fsp3) is 0. The summed E-state index contributed by atoms with van der Waals surface area (Å²) in [6.45, 7) is 0. The number of aromatic nitrogens is 2. The summed E-state index contributed by atoms with van der Waals surface area (Å²) in [6.07, 6.45) is 0. The van der Waals surface area contributed by atoms with Crippen molar-refractivity contribution < 1.29 is 0 Å². The fourth-order valence-electron chi connectivity index (χ4n) is 3.32. The van der Waals surface area contributed by atoms with Gasteiger partial charge < -0.3 is 0 Å². The van der Waals surface area contributed by atoms with Gasteiger partial charge in [0.1, 0.15) is 0 Å². The second kappa shape index (κ2) is 6.23. The van der Waals surface area contributed by atoms with E-state index in [1.165, 1.54) is 0 Å². The number of rotatable bonds is 0. The predicted octanol–water partition coefficient (Wildman–Crippen LogP) is 8.14. The Morgan fingerprint density at radius 1 is 0.500 bits per heavy atom. The summed E-state index contributed by atoms with van der Waals surface area (Å²) in [7, 11) is 0. The number of fused-ring (bicyclic) bond motifs is 7. The first-order valence-corrected chi connectivity index (χ1v) is 11.0. The van der Waals surface area contributed by atoms with Crippen molar-refractivity contribution in [3.05, 3.63) is 66.4 Å². The molecule has 0 saturated carbocycles. The Labute approximate surface area is 182 Å². The number of benzene rings is 4. The lowest BCUT2D eigenvalue weighted by atomic mass is 9.99. The van der Waals surface area contributed by atoms with E-state index < -0.39 is 0 Å². The predicted molar refractivity (Wildman–Crippen MR) is 123 cm³/mol. The number of halogens is 4. The highest BCUT2D eigenvalue weighted by atomic mass is 79.9. The summed E-state index contributed by atoms with van der Waals surface area (Å²) in [4.78, 5) is 9.94. The second-order valence-corrected chi connectivity index (χ2v) is 9.60. The first-order valence-electron chi connectivity index (χ1n) is 7.78. The van der Waals surface area contributed by atoms with E-state index in [1.54, 1.807) is 0 Å². The third kappa shape index (κ3) is 2.61. The Morgan fingerprint density at radius 3 is 1.35 bits per heavy atom. The highest BCUT2D eigenvalue weighted by molar-refractivity contribution is 9.13. The molecule has 2 nitrogen and oxygen atoms in total. The molecule has 0 radical (unpaired) electrons. The Morgan fingerprint density at radius 2 is 0.923 bits per heavy atom. The Balaban J connectivity index is 2.10. The van der Waals surface area contributed by atoms with E-state index >= 15 is 0 Å². The van der Waals surface area contributed by atoms with E-state index in [0.29, 0.717) is 0 Å². The molecule has 0 N–H and O–H groups in total. The van der Waals surface area contributed by atoms with E-state index in [9.17, 15) is 0 Å². The van der Waals surface area contributed by atoms with Gasteiger partial charge in [-0.3, -0.25) is 0 Å². The monoisotopic (exact) mass is 592 g/mol. The van der Waals surface area contributed by atoms with Gasteiger partial charge in [0.2, 0.25) is 0 Å². The van der Waals surface area contributed by atoms with Crippen LogP contribution in [0.5, 0.6) is 0 Å². The maximum atomic E-state index is 4.97. The van der Waals surface area contributed by atoms with Crippen LogP contribution >= 0.6 is 63.7 Å². The molecular weight excluding hydrogens is 588 g/mol. The minimum atomic E-state index is 0.869. The van der Waals surface area contributed by atoms with Crippen LogP contribution in [0.4, 0.5) is 0 Å². The molecular formula is C20H8Br4N2. The summed E-state index contributed by atoms with van der Waals surface area (Å²) in [5.74, 6) is 0. The molecule has 26 heavy (non-hydrogen) atoms. The molecule has 0 aliphatic rings. The number of hydrogen-bond donors (Lipinski definition) is 0. The van der Waals surface area contributed by atoms with Crippen molar-refractivity contribution in [1.29, 1.82) is 0 Å². The molecule has 4 aromatic carbocycles. The first kappa shape index (κ1) is 17.0. The van der Waals surface area contributed by atoms with Gasteiger partial charge in [-0.2, -0.15) is 0 Å².